The molecule has 0 aliphatic carbocycles. The van der Waals surface area contributed by atoms with Crippen molar-refractivity contribution in [1.29, 1.82) is 0 Å². The fourth-order valence-corrected chi connectivity index (χ4v) is 2.87. The van der Waals surface area contributed by atoms with Crippen LogP contribution in [-0.4, -0.2) is 33.7 Å². The molecule has 1 aromatic carbocycles. The van der Waals surface area contributed by atoms with E-state index in [9.17, 15) is 13.2 Å². The van der Waals surface area contributed by atoms with Crippen LogP contribution in [0.15, 0.2) is 18.2 Å². The highest BCUT2D eigenvalue weighted by Crippen LogP contribution is 2.28. The lowest BCUT2D eigenvalue weighted by molar-refractivity contribution is -0.128. The van der Waals surface area contributed by atoms with Crippen molar-refractivity contribution < 1.29 is 13.2 Å². The largest absolute Gasteiger partial charge is 0.354 e. The molecule has 1 aromatic rings. The molecule has 0 fully saturated rings. The van der Waals surface area contributed by atoms with Crippen molar-refractivity contribution in [3.8, 4) is 0 Å². The summed E-state index contributed by atoms with van der Waals surface area (Å²) >= 11 is 11.8. The highest BCUT2D eigenvalue weighted by molar-refractivity contribution is 7.92. The molecule has 0 aliphatic rings. The molecule has 0 aliphatic heterocycles. The molecule has 0 saturated carbocycles. The van der Waals surface area contributed by atoms with Gasteiger partial charge in [0.05, 0.1) is 28.5 Å². The van der Waals surface area contributed by atoms with Gasteiger partial charge in [-0.15, -0.1) is 0 Å². The van der Waals surface area contributed by atoms with Crippen molar-refractivity contribution in [1.82, 2.24) is 5.32 Å². The van der Waals surface area contributed by atoms with Crippen LogP contribution >= 0.6 is 23.2 Å². The lowest BCUT2D eigenvalue weighted by Crippen LogP contribution is -2.41. The Kier molecular flexibility index (Phi) is 6.12. The summed E-state index contributed by atoms with van der Waals surface area (Å²) in [6.07, 6.45) is 1.10. The number of sulfonamides is 1. The van der Waals surface area contributed by atoms with Gasteiger partial charge in [-0.1, -0.05) is 44.0 Å². The van der Waals surface area contributed by atoms with Gasteiger partial charge >= 0.3 is 0 Å². The van der Waals surface area contributed by atoms with Crippen LogP contribution in [0.25, 0.3) is 0 Å². The molecule has 0 radical (unpaired) electrons. The summed E-state index contributed by atoms with van der Waals surface area (Å²) in [4.78, 5) is 11.8. The Morgan fingerprint density at radius 3 is 2.27 bits per heavy atom. The molecule has 0 spiro atoms. The molecule has 5 nitrogen and oxygen atoms in total. The van der Waals surface area contributed by atoms with Crippen LogP contribution in [0.3, 0.4) is 0 Å². The number of carbonyl (C=O) groups is 1. The average molecular weight is 367 g/mol. The van der Waals surface area contributed by atoms with Gasteiger partial charge in [-0.25, -0.2) is 8.42 Å². The zero-order valence-electron chi connectivity index (χ0n) is 13.0. The molecule has 0 bridgehead atoms. The Morgan fingerprint density at radius 2 is 1.82 bits per heavy atom. The number of amides is 1. The first-order valence-corrected chi connectivity index (χ1v) is 9.24. The number of halogens is 2. The van der Waals surface area contributed by atoms with Crippen LogP contribution in [0.2, 0.25) is 10.0 Å². The summed E-state index contributed by atoms with van der Waals surface area (Å²) in [5, 5.41) is 3.33. The second kappa shape index (κ2) is 7.06. The van der Waals surface area contributed by atoms with Gasteiger partial charge in [0.25, 0.3) is 0 Å². The fraction of sp³-hybridized carbons (Fsp3) is 0.500. The van der Waals surface area contributed by atoms with Gasteiger partial charge in [0, 0.05) is 12.0 Å². The van der Waals surface area contributed by atoms with Gasteiger partial charge in [-0.3, -0.25) is 9.10 Å². The predicted molar refractivity (Wildman–Crippen MR) is 91.1 cm³/mol. The third-order valence-corrected chi connectivity index (χ3v) is 4.81. The van der Waals surface area contributed by atoms with Crippen LogP contribution in [-0.2, 0) is 14.8 Å². The highest BCUT2D eigenvalue weighted by Gasteiger charge is 2.22. The first-order valence-electron chi connectivity index (χ1n) is 6.64. The SMILES string of the molecule is CC(C)(C)C(=O)NCCN(c1ccc(Cl)c(Cl)c1)S(C)(=O)=O. The average Bonchev–Trinajstić information content (AvgIpc) is 2.35. The van der Waals surface area contributed by atoms with Crippen LogP contribution in [0.5, 0.6) is 0 Å². The van der Waals surface area contributed by atoms with E-state index in [1.54, 1.807) is 26.8 Å². The van der Waals surface area contributed by atoms with E-state index in [-0.39, 0.29) is 24.0 Å². The third kappa shape index (κ3) is 5.34. The summed E-state index contributed by atoms with van der Waals surface area (Å²) < 4.78 is 25.1. The summed E-state index contributed by atoms with van der Waals surface area (Å²) in [7, 11) is -3.50. The summed E-state index contributed by atoms with van der Waals surface area (Å²) in [5.41, 5.74) is -0.124. The standard InChI is InChI=1S/C14H20Cl2N2O3S/c1-14(2,3)13(19)17-7-8-18(22(4,20)21)10-5-6-11(15)12(16)9-10/h5-6,9H,7-8H2,1-4H3,(H,17,19). The molecule has 0 aromatic heterocycles. The Morgan fingerprint density at radius 1 is 1.23 bits per heavy atom. The van der Waals surface area contributed by atoms with Crippen LogP contribution in [0.1, 0.15) is 20.8 Å². The van der Waals surface area contributed by atoms with E-state index >= 15 is 0 Å². The predicted octanol–water partition coefficient (Wildman–Crippen LogP) is 2.92. The van der Waals surface area contributed by atoms with Crippen molar-refractivity contribution in [2.24, 2.45) is 5.41 Å². The van der Waals surface area contributed by atoms with Crippen molar-refractivity contribution in [2.45, 2.75) is 20.8 Å². The van der Waals surface area contributed by atoms with E-state index in [0.717, 1.165) is 6.26 Å². The molecule has 0 saturated heterocycles. The topological polar surface area (TPSA) is 66.5 Å². The van der Waals surface area contributed by atoms with Gasteiger partial charge in [0.1, 0.15) is 0 Å². The Hall–Kier alpha value is -0.980. The van der Waals surface area contributed by atoms with Crippen LogP contribution in [0, 0.1) is 5.41 Å². The second-order valence-electron chi connectivity index (χ2n) is 5.94. The normalized spacial score (nSPS) is 12.1. The van der Waals surface area contributed by atoms with E-state index in [1.807, 2.05) is 0 Å². The van der Waals surface area contributed by atoms with Crippen molar-refractivity contribution in [3.05, 3.63) is 28.2 Å². The Balaban J connectivity index is 2.88. The number of anilines is 1. The maximum atomic E-state index is 11.9. The minimum absolute atomic E-state index is 0.110. The Labute approximate surface area is 141 Å². The van der Waals surface area contributed by atoms with Gasteiger partial charge in [0.2, 0.25) is 15.9 Å². The van der Waals surface area contributed by atoms with Gasteiger partial charge in [-0.05, 0) is 18.2 Å². The van der Waals surface area contributed by atoms with E-state index in [1.165, 1.54) is 16.4 Å². The molecule has 22 heavy (non-hydrogen) atoms. The number of hydrogen-bond acceptors (Lipinski definition) is 3. The molecule has 1 rings (SSSR count). The zero-order chi connectivity index (χ0) is 17.1. The molecule has 0 unspecified atom stereocenters. The summed E-state index contributed by atoms with van der Waals surface area (Å²) in [6.45, 7) is 5.67. The third-order valence-electron chi connectivity index (χ3n) is 2.87. The van der Waals surface area contributed by atoms with Crippen LogP contribution < -0.4 is 9.62 Å². The quantitative estimate of drug-likeness (QED) is 0.870. The maximum Gasteiger partial charge on any atom is 0.232 e. The monoisotopic (exact) mass is 366 g/mol. The number of nitrogens with zero attached hydrogens (tertiary/aromatic N) is 1. The molecule has 124 valence electrons. The minimum Gasteiger partial charge on any atom is -0.354 e. The molecular weight excluding hydrogens is 347 g/mol. The first kappa shape index (κ1) is 19.1. The number of carbonyl (C=O) groups excluding carboxylic acids is 1. The molecule has 1 N–H and O–H groups in total. The van der Waals surface area contributed by atoms with E-state index in [0.29, 0.717) is 10.7 Å². The maximum absolute atomic E-state index is 11.9. The van der Waals surface area contributed by atoms with Gasteiger partial charge in [-0.2, -0.15) is 0 Å². The molecular formula is C14H20Cl2N2O3S. The molecule has 0 atom stereocenters. The zero-order valence-corrected chi connectivity index (χ0v) is 15.3. The number of rotatable bonds is 5. The first-order chi connectivity index (χ1) is 9.93. The second-order valence-corrected chi connectivity index (χ2v) is 8.66. The van der Waals surface area contributed by atoms with Crippen molar-refractivity contribution >= 4 is 44.8 Å². The summed E-state index contributed by atoms with van der Waals surface area (Å²) in [5.74, 6) is -0.143. The van der Waals surface area contributed by atoms with Crippen molar-refractivity contribution in [3.63, 3.8) is 0 Å². The minimum atomic E-state index is -3.50. The molecule has 1 amide bonds. The smallest absolute Gasteiger partial charge is 0.232 e. The lowest BCUT2D eigenvalue weighted by atomic mass is 9.96. The van der Waals surface area contributed by atoms with Gasteiger partial charge in [0.15, 0.2) is 0 Å². The Bertz CT molecular complexity index is 655. The van der Waals surface area contributed by atoms with Gasteiger partial charge < -0.3 is 5.32 Å². The number of nitrogens with one attached hydrogen (secondary N) is 1. The fourth-order valence-electron chi connectivity index (χ4n) is 1.66. The van der Waals surface area contributed by atoms with E-state index < -0.39 is 15.4 Å². The lowest BCUT2D eigenvalue weighted by Gasteiger charge is -2.24. The number of hydrogen-bond donors (Lipinski definition) is 1. The number of benzene rings is 1. The van der Waals surface area contributed by atoms with Crippen molar-refractivity contribution in [2.75, 3.05) is 23.7 Å². The van der Waals surface area contributed by atoms with Crippen LogP contribution in [0.4, 0.5) is 5.69 Å². The van der Waals surface area contributed by atoms with E-state index in [4.69, 9.17) is 23.2 Å². The van der Waals surface area contributed by atoms with E-state index in [2.05, 4.69) is 5.32 Å². The summed E-state index contributed by atoms with van der Waals surface area (Å²) in [6, 6.07) is 4.59. The molecule has 8 heteroatoms. The highest BCUT2D eigenvalue weighted by atomic mass is 35.5. The molecule has 0 heterocycles.